The first-order valence-corrected chi connectivity index (χ1v) is 14.9. The molecule has 7 nitrogen and oxygen atoms in total. The maximum absolute atomic E-state index is 14.3. The number of ether oxygens (including phenoxy) is 4. The van der Waals surface area contributed by atoms with E-state index in [4.69, 9.17) is 18.9 Å². The zero-order chi connectivity index (χ0) is 29.1. The van der Waals surface area contributed by atoms with Crippen LogP contribution in [0.2, 0.25) is 0 Å². The first-order valence-electron chi connectivity index (χ1n) is 13.4. The molecule has 0 radical (unpaired) electrons. The summed E-state index contributed by atoms with van der Waals surface area (Å²) in [6, 6.07) is 24.0. The quantitative estimate of drug-likeness (QED) is 0.231. The summed E-state index contributed by atoms with van der Waals surface area (Å²) in [4.78, 5) is 0.240. The predicted molar refractivity (Wildman–Crippen MR) is 158 cm³/mol. The third-order valence-electron chi connectivity index (χ3n) is 7.66. The average molecular weight is 574 g/mol. The van der Waals surface area contributed by atoms with Crippen molar-refractivity contribution in [3.05, 3.63) is 112 Å². The van der Waals surface area contributed by atoms with Crippen molar-refractivity contribution in [1.82, 2.24) is 4.31 Å². The van der Waals surface area contributed by atoms with Crippen LogP contribution in [-0.2, 0) is 29.6 Å². The lowest BCUT2D eigenvalue weighted by Crippen LogP contribution is -2.39. The molecule has 0 saturated heterocycles. The number of nitrogens with zero attached hydrogens (tertiary/aromatic N) is 1. The molecular formula is C33H35NO6S. The summed E-state index contributed by atoms with van der Waals surface area (Å²) < 4.78 is 53.4. The molecule has 1 atom stereocenters. The molecule has 4 aromatic carbocycles. The second-order valence-electron chi connectivity index (χ2n) is 10.1. The molecule has 0 amide bonds. The van der Waals surface area contributed by atoms with Crippen LogP contribution in [0.4, 0.5) is 0 Å². The Kier molecular flexibility index (Phi) is 8.24. The summed E-state index contributed by atoms with van der Waals surface area (Å²) in [6.45, 7) is 4.32. The Bertz CT molecular complexity index is 1640. The third-order valence-corrected chi connectivity index (χ3v) is 9.53. The molecule has 1 aliphatic heterocycles. The largest absolute Gasteiger partial charge is 0.493 e. The van der Waals surface area contributed by atoms with E-state index in [1.54, 1.807) is 37.8 Å². The topological polar surface area (TPSA) is 74.3 Å². The van der Waals surface area contributed by atoms with Gasteiger partial charge in [-0.25, -0.2) is 8.42 Å². The van der Waals surface area contributed by atoms with Crippen molar-refractivity contribution in [2.24, 2.45) is 0 Å². The van der Waals surface area contributed by atoms with Crippen LogP contribution in [0.25, 0.3) is 0 Å². The molecular weight excluding hydrogens is 538 g/mol. The molecule has 0 N–H and O–H groups in total. The molecule has 0 fully saturated rings. The van der Waals surface area contributed by atoms with E-state index in [0.29, 0.717) is 36.0 Å². The van der Waals surface area contributed by atoms with Crippen LogP contribution < -0.4 is 18.9 Å². The summed E-state index contributed by atoms with van der Waals surface area (Å²) in [5.74, 6) is 2.30. The van der Waals surface area contributed by atoms with E-state index in [0.717, 1.165) is 33.4 Å². The lowest BCUT2D eigenvalue weighted by Gasteiger charge is -2.38. The Morgan fingerprint density at radius 1 is 0.780 bits per heavy atom. The lowest BCUT2D eigenvalue weighted by atomic mass is 9.88. The van der Waals surface area contributed by atoms with Gasteiger partial charge in [-0.1, -0.05) is 60.2 Å². The van der Waals surface area contributed by atoms with Crippen LogP contribution >= 0.6 is 0 Å². The molecule has 214 valence electrons. The zero-order valence-corrected chi connectivity index (χ0v) is 24.8. The molecule has 0 spiro atoms. The molecule has 1 aliphatic rings. The van der Waals surface area contributed by atoms with Gasteiger partial charge in [0.1, 0.15) is 6.61 Å². The highest BCUT2D eigenvalue weighted by atomic mass is 32.2. The number of hydrogen-bond acceptors (Lipinski definition) is 6. The molecule has 41 heavy (non-hydrogen) atoms. The van der Waals surface area contributed by atoms with Crippen molar-refractivity contribution >= 4 is 10.0 Å². The predicted octanol–water partition coefficient (Wildman–Crippen LogP) is 6.40. The molecule has 4 aromatic rings. The SMILES string of the molecule is COc1ccc(C2Cc3ccc(OC)c(OCc4ccccc4)c3CN2S(=O)(=O)c2ccc(C)cc2)c(C)c1OC. The first kappa shape index (κ1) is 28.5. The normalized spacial score (nSPS) is 15.2. The number of benzene rings is 4. The van der Waals surface area contributed by atoms with Crippen molar-refractivity contribution in [3.63, 3.8) is 0 Å². The van der Waals surface area contributed by atoms with Crippen LogP contribution in [0.1, 0.15) is 39.4 Å². The summed E-state index contributed by atoms with van der Waals surface area (Å²) in [6.07, 6.45) is 0.447. The van der Waals surface area contributed by atoms with Gasteiger partial charge < -0.3 is 18.9 Å². The minimum Gasteiger partial charge on any atom is -0.493 e. The van der Waals surface area contributed by atoms with Gasteiger partial charge >= 0.3 is 0 Å². The molecule has 1 heterocycles. The molecule has 5 rings (SSSR count). The van der Waals surface area contributed by atoms with Crippen LogP contribution in [-0.4, -0.2) is 34.1 Å². The van der Waals surface area contributed by atoms with Gasteiger partial charge in [0.25, 0.3) is 0 Å². The van der Waals surface area contributed by atoms with Gasteiger partial charge in [-0.15, -0.1) is 0 Å². The van der Waals surface area contributed by atoms with E-state index < -0.39 is 16.1 Å². The van der Waals surface area contributed by atoms with E-state index in [1.807, 2.05) is 80.6 Å². The Morgan fingerprint density at radius 2 is 1.44 bits per heavy atom. The third kappa shape index (κ3) is 5.49. The summed E-state index contributed by atoms with van der Waals surface area (Å²) in [7, 11) is 0.866. The summed E-state index contributed by atoms with van der Waals surface area (Å²) in [5, 5.41) is 0. The van der Waals surface area contributed by atoms with Crippen molar-refractivity contribution in [2.75, 3.05) is 21.3 Å². The average Bonchev–Trinajstić information content (AvgIpc) is 2.99. The number of sulfonamides is 1. The molecule has 8 heteroatoms. The van der Waals surface area contributed by atoms with E-state index >= 15 is 0 Å². The fourth-order valence-corrected chi connectivity index (χ4v) is 7.03. The van der Waals surface area contributed by atoms with Gasteiger partial charge in [-0.05, 0) is 66.8 Å². The van der Waals surface area contributed by atoms with Crippen LogP contribution in [0, 0.1) is 13.8 Å². The monoisotopic (exact) mass is 573 g/mol. The van der Waals surface area contributed by atoms with Crippen molar-refractivity contribution in [1.29, 1.82) is 0 Å². The fourth-order valence-electron chi connectivity index (χ4n) is 5.46. The molecule has 0 saturated carbocycles. The Hall–Kier alpha value is -4.01. The maximum atomic E-state index is 14.3. The summed E-state index contributed by atoms with van der Waals surface area (Å²) >= 11 is 0. The Balaban J connectivity index is 1.65. The Morgan fingerprint density at radius 3 is 2.10 bits per heavy atom. The number of aryl methyl sites for hydroxylation is 1. The van der Waals surface area contributed by atoms with Crippen molar-refractivity contribution in [3.8, 4) is 23.0 Å². The van der Waals surface area contributed by atoms with Gasteiger partial charge in [-0.3, -0.25) is 0 Å². The highest BCUT2D eigenvalue weighted by Gasteiger charge is 2.39. The molecule has 0 bridgehead atoms. The van der Waals surface area contributed by atoms with Gasteiger partial charge in [0, 0.05) is 12.1 Å². The van der Waals surface area contributed by atoms with Gasteiger partial charge in [0.05, 0.1) is 32.3 Å². The lowest BCUT2D eigenvalue weighted by molar-refractivity contribution is 0.257. The number of fused-ring (bicyclic) bond motifs is 1. The number of methoxy groups -OCH3 is 3. The minimum atomic E-state index is -3.91. The smallest absolute Gasteiger partial charge is 0.243 e. The highest BCUT2D eigenvalue weighted by molar-refractivity contribution is 7.89. The van der Waals surface area contributed by atoms with E-state index in [9.17, 15) is 8.42 Å². The highest BCUT2D eigenvalue weighted by Crippen LogP contribution is 2.46. The van der Waals surface area contributed by atoms with Crippen LogP contribution in [0.15, 0.2) is 83.8 Å². The van der Waals surface area contributed by atoms with Crippen molar-refractivity contribution < 1.29 is 27.4 Å². The number of rotatable bonds is 9. The maximum Gasteiger partial charge on any atom is 0.243 e. The second kappa shape index (κ2) is 11.8. The van der Waals surface area contributed by atoms with Crippen molar-refractivity contribution in [2.45, 2.75) is 44.4 Å². The van der Waals surface area contributed by atoms with Crippen LogP contribution in [0.3, 0.4) is 0 Å². The van der Waals surface area contributed by atoms with Crippen LogP contribution in [0.5, 0.6) is 23.0 Å². The van der Waals surface area contributed by atoms with Gasteiger partial charge in [0.15, 0.2) is 23.0 Å². The minimum absolute atomic E-state index is 0.116. The standard InChI is InChI=1S/C33H35NO6S/c1-22-11-14-26(15-12-22)41(35,36)34-20-28-25(19-29(34)27-16-18-30(37-3)32(39-5)23(27)2)13-17-31(38-4)33(28)40-21-24-9-7-6-8-10-24/h6-18,29H,19-21H2,1-5H3. The zero-order valence-electron chi connectivity index (χ0n) is 24.0. The molecule has 0 aromatic heterocycles. The summed E-state index contributed by atoms with van der Waals surface area (Å²) in [5.41, 5.74) is 5.48. The number of hydrogen-bond donors (Lipinski definition) is 0. The van der Waals surface area contributed by atoms with Gasteiger partial charge in [-0.2, -0.15) is 4.31 Å². The molecule has 1 unspecified atom stereocenters. The Labute approximate surface area is 242 Å². The molecule has 0 aliphatic carbocycles. The fraction of sp³-hybridized carbons (Fsp3) is 0.273. The second-order valence-corrected chi connectivity index (χ2v) is 12.0. The van der Waals surface area contributed by atoms with E-state index in [2.05, 4.69) is 0 Å². The van der Waals surface area contributed by atoms with E-state index in [1.165, 1.54) is 0 Å². The first-order chi connectivity index (χ1) is 19.8. The van der Waals surface area contributed by atoms with E-state index in [-0.39, 0.29) is 11.4 Å². The van der Waals surface area contributed by atoms with Gasteiger partial charge in [0.2, 0.25) is 10.0 Å².